The summed E-state index contributed by atoms with van der Waals surface area (Å²) >= 11 is 0. The zero-order valence-corrected chi connectivity index (χ0v) is 16.8. The summed E-state index contributed by atoms with van der Waals surface area (Å²) in [6, 6.07) is 5.76. The van der Waals surface area contributed by atoms with Crippen LogP contribution in [-0.2, 0) is 0 Å². The summed E-state index contributed by atoms with van der Waals surface area (Å²) in [5, 5.41) is 20.0. The number of para-hydroxylation sites is 1. The summed E-state index contributed by atoms with van der Waals surface area (Å²) < 4.78 is 42.7. The fourth-order valence-electron chi connectivity index (χ4n) is 3.80. The van der Waals surface area contributed by atoms with Crippen molar-refractivity contribution < 1.29 is 23.0 Å². The Hall–Kier alpha value is -1.71. The first-order chi connectivity index (χ1) is 13.8. The van der Waals surface area contributed by atoms with Gasteiger partial charge in [-0.15, -0.1) is 0 Å². The molecule has 9 heteroatoms. The maximum absolute atomic E-state index is 12.3. The van der Waals surface area contributed by atoms with Crippen LogP contribution in [0.5, 0.6) is 5.75 Å². The Labute approximate surface area is 169 Å². The number of ether oxygens (including phenoxy) is 1. The Bertz CT molecular complexity index is 651. The molecule has 0 aromatic heterocycles. The van der Waals surface area contributed by atoms with Crippen molar-refractivity contribution in [1.82, 2.24) is 10.2 Å². The van der Waals surface area contributed by atoms with Crippen LogP contribution in [0.2, 0.25) is 0 Å². The maximum atomic E-state index is 12.3. The third-order valence-corrected chi connectivity index (χ3v) is 5.42. The van der Waals surface area contributed by atoms with Gasteiger partial charge in [-0.25, -0.2) is 0 Å². The summed E-state index contributed by atoms with van der Waals surface area (Å²) in [6.07, 6.45) is -3.56. The maximum Gasteiger partial charge on any atom is 0.390 e. The molecule has 1 fully saturated rings. The first kappa shape index (κ1) is 22.0. The molecule has 4 N–H and O–H groups in total. The largest absolute Gasteiger partial charge is 0.489 e. The molecule has 3 rings (SSSR count). The van der Waals surface area contributed by atoms with Crippen LogP contribution in [0.4, 0.5) is 24.5 Å². The van der Waals surface area contributed by atoms with E-state index in [1.165, 1.54) is 0 Å². The molecular formula is C20H31F3N4O2. The third-order valence-electron chi connectivity index (χ3n) is 5.42. The number of alkyl halides is 3. The average molecular weight is 416 g/mol. The highest BCUT2D eigenvalue weighted by Gasteiger charge is 2.29. The lowest BCUT2D eigenvalue weighted by atomic mass is 9.96. The van der Waals surface area contributed by atoms with Gasteiger partial charge in [0, 0.05) is 13.1 Å². The highest BCUT2D eigenvalue weighted by Crippen LogP contribution is 2.37. The molecule has 2 aliphatic heterocycles. The van der Waals surface area contributed by atoms with E-state index in [1.54, 1.807) is 0 Å². The molecule has 2 aliphatic rings. The summed E-state index contributed by atoms with van der Waals surface area (Å²) in [7, 11) is 0. The van der Waals surface area contributed by atoms with Crippen LogP contribution in [0, 0.1) is 5.92 Å². The van der Waals surface area contributed by atoms with Crippen molar-refractivity contribution in [3.05, 3.63) is 18.2 Å². The molecule has 164 valence electrons. The Balaban J connectivity index is 1.29. The number of fused-ring (bicyclic) bond motifs is 1. The van der Waals surface area contributed by atoms with Gasteiger partial charge in [-0.2, -0.15) is 13.2 Å². The zero-order valence-electron chi connectivity index (χ0n) is 16.8. The lowest BCUT2D eigenvalue weighted by Gasteiger charge is -2.32. The average Bonchev–Trinajstić information content (AvgIpc) is 3.06. The molecule has 29 heavy (non-hydrogen) atoms. The van der Waals surface area contributed by atoms with Crippen molar-refractivity contribution >= 4 is 11.4 Å². The van der Waals surface area contributed by atoms with Crippen LogP contribution in [-0.4, -0.2) is 67.8 Å². The molecule has 0 saturated carbocycles. The van der Waals surface area contributed by atoms with Crippen molar-refractivity contribution in [2.75, 3.05) is 50.0 Å². The third kappa shape index (κ3) is 6.94. The summed E-state index contributed by atoms with van der Waals surface area (Å²) in [5.41, 5.74) is 1.90. The van der Waals surface area contributed by atoms with E-state index in [1.807, 2.05) is 30.0 Å². The van der Waals surface area contributed by atoms with Crippen LogP contribution >= 0.6 is 0 Å². The predicted molar refractivity (Wildman–Crippen MR) is 107 cm³/mol. The van der Waals surface area contributed by atoms with Gasteiger partial charge >= 0.3 is 6.18 Å². The molecule has 1 aromatic carbocycles. The number of likely N-dealkylation sites (tertiary alicyclic amines) is 1. The lowest BCUT2D eigenvalue weighted by molar-refractivity contribution is -0.138. The van der Waals surface area contributed by atoms with E-state index in [9.17, 15) is 18.3 Å². The second-order valence-electron chi connectivity index (χ2n) is 7.96. The minimum Gasteiger partial charge on any atom is -0.489 e. The quantitative estimate of drug-likeness (QED) is 0.497. The van der Waals surface area contributed by atoms with Gasteiger partial charge in [0.1, 0.15) is 24.1 Å². The summed E-state index contributed by atoms with van der Waals surface area (Å²) in [4.78, 5) is 1.88. The second kappa shape index (κ2) is 9.86. The molecule has 0 spiro atoms. The number of benzene rings is 1. The molecular weight excluding hydrogens is 385 g/mol. The number of hydrogen-bond acceptors (Lipinski definition) is 6. The molecule has 0 radical (unpaired) electrons. The van der Waals surface area contributed by atoms with Gasteiger partial charge in [-0.05, 0) is 57.5 Å². The first-order valence-corrected chi connectivity index (χ1v) is 10.3. The molecule has 1 aromatic rings. The van der Waals surface area contributed by atoms with Gasteiger partial charge in [0.2, 0.25) is 0 Å². The summed E-state index contributed by atoms with van der Waals surface area (Å²) in [5.74, 6) is 1.14. The van der Waals surface area contributed by atoms with E-state index in [-0.39, 0.29) is 19.3 Å². The van der Waals surface area contributed by atoms with E-state index in [0.29, 0.717) is 31.3 Å². The van der Waals surface area contributed by atoms with Crippen LogP contribution < -0.4 is 20.7 Å². The van der Waals surface area contributed by atoms with Crippen LogP contribution in [0.25, 0.3) is 0 Å². The normalized spacial score (nSPS) is 21.3. The Morgan fingerprint density at radius 2 is 2.03 bits per heavy atom. The van der Waals surface area contributed by atoms with Crippen molar-refractivity contribution in [2.45, 2.75) is 44.6 Å². The predicted octanol–water partition coefficient (Wildman–Crippen LogP) is 2.86. The smallest absolute Gasteiger partial charge is 0.390 e. The van der Waals surface area contributed by atoms with Crippen LogP contribution in [0.3, 0.4) is 0 Å². The van der Waals surface area contributed by atoms with E-state index in [4.69, 9.17) is 4.74 Å². The van der Waals surface area contributed by atoms with Gasteiger partial charge in [0.15, 0.2) is 0 Å². The Morgan fingerprint density at radius 1 is 1.28 bits per heavy atom. The zero-order chi connectivity index (χ0) is 20.9. The van der Waals surface area contributed by atoms with E-state index in [0.717, 1.165) is 30.8 Å². The summed E-state index contributed by atoms with van der Waals surface area (Å²) in [6.45, 7) is 4.88. The molecule has 6 nitrogen and oxygen atoms in total. The van der Waals surface area contributed by atoms with Gasteiger partial charge < -0.3 is 30.7 Å². The van der Waals surface area contributed by atoms with Gasteiger partial charge in [0.25, 0.3) is 0 Å². The number of piperidine rings is 1. The molecule has 0 bridgehead atoms. The van der Waals surface area contributed by atoms with E-state index in [2.05, 4.69) is 16.0 Å². The van der Waals surface area contributed by atoms with Crippen LogP contribution in [0.1, 0.15) is 26.2 Å². The number of nitrogens with zero attached hydrogens (tertiary/aromatic N) is 1. The number of halogens is 3. The second-order valence-corrected chi connectivity index (χ2v) is 7.96. The van der Waals surface area contributed by atoms with Crippen molar-refractivity contribution in [2.24, 2.45) is 5.92 Å². The van der Waals surface area contributed by atoms with Gasteiger partial charge in [0.05, 0.1) is 18.3 Å². The SMILES string of the molecule is CC1Nc2cccc(OC[C@@H](O)CNCC3CCN(CCC(F)(F)F)CC3)c2N1. The molecule has 2 heterocycles. The molecule has 0 aliphatic carbocycles. The monoisotopic (exact) mass is 416 g/mol. The number of aliphatic hydroxyl groups is 1. The van der Waals surface area contributed by atoms with Crippen molar-refractivity contribution in [1.29, 1.82) is 0 Å². The first-order valence-electron chi connectivity index (χ1n) is 10.3. The highest BCUT2D eigenvalue weighted by molar-refractivity contribution is 5.80. The number of hydrogen-bond donors (Lipinski definition) is 4. The number of aliphatic hydroxyl groups excluding tert-OH is 1. The molecule has 0 amide bonds. The van der Waals surface area contributed by atoms with Gasteiger partial charge in [-0.3, -0.25) is 0 Å². The molecule has 1 saturated heterocycles. The molecule has 1 unspecified atom stereocenters. The Kier molecular flexibility index (Phi) is 7.48. The fourth-order valence-corrected chi connectivity index (χ4v) is 3.80. The molecule has 2 atom stereocenters. The highest BCUT2D eigenvalue weighted by atomic mass is 19.4. The number of nitrogens with one attached hydrogen (secondary N) is 3. The van der Waals surface area contributed by atoms with Crippen LogP contribution in [0.15, 0.2) is 18.2 Å². The van der Waals surface area contributed by atoms with E-state index >= 15 is 0 Å². The minimum absolute atomic E-state index is 0.0893. The number of anilines is 2. The number of rotatable bonds is 9. The van der Waals surface area contributed by atoms with Gasteiger partial charge in [-0.1, -0.05) is 6.07 Å². The minimum atomic E-state index is -4.08. The topological polar surface area (TPSA) is 68.8 Å². The van der Waals surface area contributed by atoms with E-state index < -0.39 is 18.7 Å². The standard InChI is InChI=1S/C20H31F3N4O2/c1-14-25-17-3-2-4-18(19(17)26-14)29-13-16(28)12-24-11-15-5-8-27(9-6-15)10-7-20(21,22)23/h2-4,14-16,24-26,28H,5-13H2,1H3/t14?,16-/m0/s1. The fraction of sp³-hybridized carbons (Fsp3) is 0.700. The van der Waals surface area contributed by atoms with Crippen molar-refractivity contribution in [3.8, 4) is 5.75 Å². The lowest BCUT2D eigenvalue weighted by Crippen LogP contribution is -2.40. The van der Waals surface area contributed by atoms with Crippen molar-refractivity contribution in [3.63, 3.8) is 0 Å². The Morgan fingerprint density at radius 3 is 2.76 bits per heavy atom.